The summed E-state index contributed by atoms with van der Waals surface area (Å²) in [7, 11) is -3.69. The molecule has 0 radical (unpaired) electrons. The molecular formula is C17H13N5O4S3. The summed E-state index contributed by atoms with van der Waals surface area (Å²) in [5, 5.41) is 12.9. The highest BCUT2D eigenvalue weighted by atomic mass is 32.2. The Balaban J connectivity index is 1.50. The maximum Gasteiger partial charge on any atom is 0.411 e. The first-order chi connectivity index (χ1) is 13.9. The molecule has 29 heavy (non-hydrogen) atoms. The summed E-state index contributed by atoms with van der Waals surface area (Å²) in [4.78, 5) is 23.5. The van der Waals surface area contributed by atoms with E-state index in [2.05, 4.69) is 25.0 Å². The van der Waals surface area contributed by atoms with Gasteiger partial charge in [0.1, 0.15) is 0 Å². The van der Waals surface area contributed by atoms with Gasteiger partial charge in [-0.2, -0.15) is 0 Å². The van der Waals surface area contributed by atoms with Crippen molar-refractivity contribution in [3.05, 3.63) is 54.0 Å². The van der Waals surface area contributed by atoms with Crippen LogP contribution in [-0.4, -0.2) is 34.6 Å². The molecule has 4 aromatic rings. The largest absolute Gasteiger partial charge is 0.465 e. The third-order valence-corrected chi connectivity index (χ3v) is 6.87. The average Bonchev–Trinajstić information content (AvgIpc) is 3.30. The van der Waals surface area contributed by atoms with Gasteiger partial charge >= 0.3 is 6.09 Å². The van der Waals surface area contributed by atoms with E-state index in [1.807, 2.05) is 12.1 Å². The minimum Gasteiger partial charge on any atom is -0.465 e. The van der Waals surface area contributed by atoms with Crippen molar-refractivity contribution >= 4 is 61.3 Å². The molecule has 148 valence electrons. The number of nitrogens with zero attached hydrogens (tertiary/aromatic N) is 2. The molecule has 12 heteroatoms. The number of hydrogen-bond donors (Lipinski definition) is 4. The fourth-order valence-corrected chi connectivity index (χ4v) is 5.13. The summed E-state index contributed by atoms with van der Waals surface area (Å²) in [5.41, 5.74) is 1.32. The van der Waals surface area contributed by atoms with Crippen LogP contribution in [0.1, 0.15) is 0 Å². The van der Waals surface area contributed by atoms with Crippen LogP contribution in [0.4, 0.5) is 15.9 Å². The Morgan fingerprint density at radius 2 is 1.90 bits per heavy atom. The van der Waals surface area contributed by atoms with Crippen molar-refractivity contribution < 1.29 is 18.3 Å². The summed E-state index contributed by atoms with van der Waals surface area (Å²) in [5.74, 6) is 0.150. The highest BCUT2D eigenvalue weighted by molar-refractivity contribution is 7.99. The maximum absolute atomic E-state index is 12.4. The van der Waals surface area contributed by atoms with Crippen LogP contribution in [0.3, 0.4) is 0 Å². The fourth-order valence-electron chi connectivity index (χ4n) is 2.48. The summed E-state index contributed by atoms with van der Waals surface area (Å²) >= 11 is 2.64. The number of fused-ring (bicyclic) bond motifs is 1. The number of aromatic amines is 1. The Morgan fingerprint density at radius 1 is 1.14 bits per heavy atom. The van der Waals surface area contributed by atoms with Crippen LogP contribution in [-0.2, 0) is 10.0 Å². The van der Waals surface area contributed by atoms with Crippen molar-refractivity contribution in [2.45, 2.75) is 14.7 Å². The first-order valence-corrected chi connectivity index (χ1v) is 11.3. The zero-order valence-electron chi connectivity index (χ0n) is 14.5. The molecule has 0 spiro atoms. The Kier molecular flexibility index (Phi) is 5.13. The standard InChI is InChI=1S/C17H13N5O4S3/c23-17(24)21-15-19-13-6-3-11(9-14(13)20-15)28-10-1-4-12(5-2-10)29(25,26)22-16-18-7-8-27-16/h1-9H,(H,18,22)(H,23,24)(H2,19,20,21). The minimum atomic E-state index is -3.69. The normalized spacial score (nSPS) is 11.4. The third kappa shape index (κ3) is 4.50. The number of sulfonamides is 1. The second-order valence-electron chi connectivity index (χ2n) is 5.71. The van der Waals surface area contributed by atoms with Gasteiger partial charge in [0.15, 0.2) is 5.13 Å². The number of imidazole rings is 1. The number of carbonyl (C=O) groups is 1. The maximum atomic E-state index is 12.4. The number of nitrogens with one attached hydrogen (secondary N) is 3. The zero-order valence-corrected chi connectivity index (χ0v) is 16.9. The van der Waals surface area contributed by atoms with Gasteiger partial charge in [-0.3, -0.25) is 10.0 Å². The topological polar surface area (TPSA) is 137 Å². The zero-order chi connectivity index (χ0) is 20.4. The smallest absolute Gasteiger partial charge is 0.411 e. The van der Waals surface area contributed by atoms with Crippen molar-refractivity contribution in [3.63, 3.8) is 0 Å². The predicted molar refractivity (Wildman–Crippen MR) is 111 cm³/mol. The van der Waals surface area contributed by atoms with E-state index in [0.29, 0.717) is 16.2 Å². The average molecular weight is 448 g/mol. The highest BCUT2D eigenvalue weighted by Gasteiger charge is 2.15. The molecule has 0 saturated heterocycles. The molecule has 0 saturated carbocycles. The molecule has 0 atom stereocenters. The van der Waals surface area contributed by atoms with Gasteiger partial charge in [0.05, 0.1) is 15.9 Å². The Bertz CT molecular complexity index is 1270. The van der Waals surface area contributed by atoms with Gasteiger partial charge in [0.25, 0.3) is 10.0 Å². The lowest BCUT2D eigenvalue weighted by molar-refractivity contribution is 0.209. The highest BCUT2D eigenvalue weighted by Crippen LogP contribution is 2.31. The van der Waals surface area contributed by atoms with Crippen molar-refractivity contribution in [1.29, 1.82) is 0 Å². The molecule has 0 aliphatic carbocycles. The van der Waals surface area contributed by atoms with Gasteiger partial charge in [-0.25, -0.2) is 23.2 Å². The van der Waals surface area contributed by atoms with Crippen LogP contribution in [0.25, 0.3) is 11.0 Å². The monoisotopic (exact) mass is 447 g/mol. The number of hydrogen-bond acceptors (Lipinski definition) is 7. The fraction of sp³-hybridized carbons (Fsp3) is 0. The van der Waals surface area contributed by atoms with Crippen molar-refractivity contribution in [2.24, 2.45) is 0 Å². The van der Waals surface area contributed by atoms with Gasteiger partial charge in [-0.1, -0.05) is 11.8 Å². The molecule has 1 amide bonds. The van der Waals surface area contributed by atoms with Crippen LogP contribution in [0, 0.1) is 0 Å². The van der Waals surface area contributed by atoms with Gasteiger partial charge in [-0.05, 0) is 42.5 Å². The van der Waals surface area contributed by atoms with Crippen LogP contribution in [0.2, 0.25) is 0 Å². The van der Waals surface area contributed by atoms with Crippen LogP contribution in [0.15, 0.2) is 68.7 Å². The van der Waals surface area contributed by atoms with Gasteiger partial charge < -0.3 is 10.1 Å². The molecule has 0 fully saturated rings. The second-order valence-corrected chi connectivity index (χ2v) is 9.43. The van der Waals surface area contributed by atoms with E-state index in [1.165, 1.54) is 41.4 Å². The number of H-pyrrole nitrogens is 1. The van der Waals surface area contributed by atoms with Gasteiger partial charge in [-0.15, -0.1) is 11.3 Å². The van der Waals surface area contributed by atoms with Crippen LogP contribution >= 0.6 is 23.1 Å². The van der Waals surface area contributed by atoms with Crippen molar-refractivity contribution in [3.8, 4) is 0 Å². The Labute approximate surface area is 173 Å². The molecule has 4 rings (SSSR count). The molecule has 4 N–H and O–H groups in total. The summed E-state index contributed by atoms with van der Waals surface area (Å²) in [6.45, 7) is 0. The lowest BCUT2D eigenvalue weighted by atomic mass is 10.3. The predicted octanol–water partition coefficient (Wildman–Crippen LogP) is 4.06. The summed E-state index contributed by atoms with van der Waals surface area (Å²) in [6.07, 6.45) is 0.331. The van der Waals surface area contributed by atoms with Gasteiger partial charge in [0, 0.05) is 21.4 Å². The van der Waals surface area contributed by atoms with E-state index in [-0.39, 0.29) is 10.8 Å². The molecule has 2 heterocycles. The van der Waals surface area contributed by atoms with E-state index in [0.717, 1.165) is 9.79 Å². The van der Waals surface area contributed by atoms with E-state index < -0.39 is 16.1 Å². The molecule has 0 aliphatic heterocycles. The SMILES string of the molecule is O=C(O)Nc1nc2ccc(Sc3ccc(S(=O)(=O)Nc4nccs4)cc3)cc2[nH]1. The number of thiazole rings is 1. The quantitative estimate of drug-likeness (QED) is 0.350. The van der Waals surface area contributed by atoms with Gasteiger partial charge in [0.2, 0.25) is 5.95 Å². The lowest BCUT2D eigenvalue weighted by Crippen LogP contribution is -2.12. The first kappa shape index (κ1) is 19.2. The third-order valence-electron chi connectivity index (χ3n) is 3.70. The Hall–Kier alpha value is -3.09. The molecule has 9 nitrogen and oxygen atoms in total. The number of carboxylic acid groups (broad SMARTS) is 1. The van der Waals surface area contributed by atoms with E-state index in [9.17, 15) is 13.2 Å². The van der Waals surface area contributed by atoms with Crippen LogP contribution < -0.4 is 10.0 Å². The molecule has 2 aromatic carbocycles. The molecule has 0 unspecified atom stereocenters. The Morgan fingerprint density at radius 3 is 2.59 bits per heavy atom. The molecular weight excluding hydrogens is 434 g/mol. The summed E-state index contributed by atoms with van der Waals surface area (Å²) in [6, 6.07) is 12.0. The van der Waals surface area contributed by atoms with Crippen molar-refractivity contribution in [2.75, 3.05) is 10.0 Å². The van der Waals surface area contributed by atoms with Crippen molar-refractivity contribution in [1.82, 2.24) is 15.0 Å². The van der Waals surface area contributed by atoms with E-state index >= 15 is 0 Å². The number of aromatic nitrogens is 3. The van der Waals surface area contributed by atoms with E-state index in [4.69, 9.17) is 5.11 Å². The molecule has 2 aromatic heterocycles. The number of amides is 1. The lowest BCUT2D eigenvalue weighted by Gasteiger charge is -2.06. The second kappa shape index (κ2) is 7.73. The number of rotatable bonds is 6. The molecule has 0 bridgehead atoms. The first-order valence-electron chi connectivity index (χ1n) is 8.09. The van der Waals surface area contributed by atoms with Crippen LogP contribution in [0.5, 0.6) is 0 Å². The minimum absolute atomic E-state index is 0.144. The number of benzene rings is 2. The number of anilines is 2. The van der Waals surface area contributed by atoms with E-state index in [1.54, 1.807) is 23.6 Å². The summed E-state index contributed by atoms with van der Waals surface area (Å²) < 4.78 is 27.2. The molecule has 0 aliphatic rings.